The minimum absolute atomic E-state index is 0.193. The largest absolute Gasteiger partial charge is 0.363 e. The van der Waals surface area contributed by atoms with Gasteiger partial charge in [-0.15, -0.1) is 0 Å². The highest BCUT2D eigenvalue weighted by atomic mass is 15.3. The molecular formula is C57H54N2. The number of para-hydroxylation sites is 2. The summed E-state index contributed by atoms with van der Waals surface area (Å²) < 4.78 is 0. The Morgan fingerprint density at radius 1 is 0.644 bits per heavy atom. The van der Waals surface area contributed by atoms with Gasteiger partial charge in [-0.1, -0.05) is 152 Å². The first-order valence-corrected chi connectivity index (χ1v) is 22.4. The molecular weight excluding hydrogens is 713 g/mol. The molecule has 2 heteroatoms. The fourth-order valence-corrected chi connectivity index (χ4v) is 11.4. The quantitative estimate of drug-likeness (QED) is 0.258. The minimum Gasteiger partial charge on any atom is -0.363 e. The van der Waals surface area contributed by atoms with Crippen LogP contribution in [0.2, 0.25) is 0 Å². The molecule has 292 valence electrons. The van der Waals surface area contributed by atoms with Gasteiger partial charge in [0.25, 0.3) is 0 Å². The number of rotatable bonds is 7. The third-order valence-corrected chi connectivity index (χ3v) is 14.2. The van der Waals surface area contributed by atoms with Gasteiger partial charge in [-0.05, 0) is 138 Å². The van der Waals surface area contributed by atoms with Gasteiger partial charge in [-0.25, -0.2) is 0 Å². The average Bonchev–Trinajstić information content (AvgIpc) is 3.71. The second-order valence-corrected chi connectivity index (χ2v) is 17.5. The van der Waals surface area contributed by atoms with Crippen molar-refractivity contribution in [1.29, 1.82) is 0 Å². The molecule has 59 heavy (non-hydrogen) atoms. The SMILES string of the molecule is C1=CCCC(N2c3ccccc3NC2C2C=CC(C3=CC4=C(C5=CCCCC5c5ccccc5)c5ccccc5C(C5=CCCC=C5C5C=CC=CC5)C4C=C3)=CC2)=C1. The predicted octanol–water partition coefficient (Wildman–Crippen LogP) is 14.3. The van der Waals surface area contributed by atoms with Gasteiger partial charge in [0.1, 0.15) is 6.17 Å². The number of allylic oxidation sites excluding steroid dienone is 23. The lowest BCUT2D eigenvalue weighted by molar-refractivity contribution is 0.533. The number of anilines is 2. The van der Waals surface area contributed by atoms with Crippen LogP contribution < -0.4 is 10.2 Å². The maximum absolute atomic E-state index is 3.94. The van der Waals surface area contributed by atoms with Crippen molar-refractivity contribution >= 4 is 16.9 Å². The molecule has 3 aromatic rings. The Morgan fingerprint density at radius 2 is 1.47 bits per heavy atom. The fraction of sp³-hybridized carbons (Fsp3) is 0.263. The molecule has 0 radical (unpaired) electrons. The van der Waals surface area contributed by atoms with Crippen LogP contribution in [0.5, 0.6) is 0 Å². The number of benzene rings is 3. The Balaban J connectivity index is 0.995. The molecule has 0 amide bonds. The van der Waals surface area contributed by atoms with Gasteiger partial charge in [0.15, 0.2) is 0 Å². The van der Waals surface area contributed by atoms with Crippen LogP contribution >= 0.6 is 0 Å². The molecule has 8 aliphatic rings. The molecule has 1 aliphatic heterocycles. The van der Waals surface area contributed by atoms with E-state index in [1.807, 2.05) is 0 Å². The minimum atomic E-state index is 0.193. The topological polar surface area (TPSA) is 15.3 Å². The van der Waals surface area contributed by atoms with Crippen LogP contribution in [0.15, 0.2) is 215 Å². The first kappa shape index (κ1) is 36.2. The molecule has 0 saturated heterocycles. The van der Waals surface area contributed by atoms with Crippen LogP contribution in [0, 0.1) is 17.8 Å². The van der Waals surface area contributed by atoms with E-state index in [1.54, 1.807) is 11.1 Å². The van der Waals surface area contributed by atoms with Crippen LogP contribution in [-0.2, 0) is 0 Å². The Kier molecular flexibility index (Phi) is 9.65. The average molecular weight is 767 g/mol. The molecule has 6 atom stereocenters. The van der Waals surface area contributed by atoms with Gasteiger partial charge < -0.3 is 10.2 Å². The van der Waals surface area contributed by atoms with Crippen molar-refractivity contribution in [2.75, 3.05) is 10.2 Å². The standard InChI is InChI=1S/C57H54N2/c1-4-18-40(19-5-1)45-24-10-12-26-47(45)55-49-28-14-15-29-50(49)56(48-27-13-11-25-46(48)41-20-6-2-7-21-41)52-38-43(36-37-51(52)55)39-32-34-42(35-33-39)57-58-53-30-16-17-31-54(53)59(57)44-22-8-3-9-23-44/h1-8,14-18,20-22,24,26-34,36-38,40,42,46,51,55,57-58H,9-13,19,23,25,35H2. The van der Waals surface area contributed by atoms with Crippen molar-refractivity contribution < 1.29 is 0 Å². The summed E-state index contributed by atoms with van der Waals surface area (Å²) in [5.74, 6) is 1.70. The molecule has 0 fully saturated rings. The maximum Gasteiger partial charge on any atom is 0.110 e. The lowest BCUT2D eigenvalue weighted by Crippen LogP contribution is -2.41. The molecule has 0 aromatic heterocycles. The summed E-state index contributed by atoms with van der Waals surface area (Å²) >= 11 is 0. The molecule has 2 nitrogen and oxygen atoms in total. The summed E-state index contributed by atoms with van der Waals surface area (Å²) in [5.41, 5.74) is 18.6. The summed E-state index contributed by atoms with van der Waals surface area (Å²) in [7, 11) is 0. The second-order valence-electron chi connectivity index (χ2n) is 17.5. The van der Waals surface area contributed by atoms with Gasteiger partial charge in [0.2, 0.25) is 0 Å². The number of fused-ring (bicyclic) bond motifs is 3. The second kappa shape index (κ2) is 15.7. The lowest BCUT2D eigenvalue weighted by atomic mass is 9.61. The third-order valence-electron chi connectivity index (χ3n) is 14.2. The number of nitrogens with one attached hydrogen (secondary N) is 1. The van der Waals surface area contributed by atoms with Crippen molar-refractivity contribution in [1.82, 2.24) is 0 Å². The van der Waals surface area contributed by atoms with Crippen LogP contribution in [0.3, 0.4) is 0 Å². The highest BCUT2D eigenvalue weighted by Gasteiger charge is 2.41. The van der Waals surface area contributed by atoms with E-state index in [4.69, 9.17) is 0 Å². The van der Waals surface area contributed by atoms with Crippen molar-refractivity contribution in [2.45, 2.75) is 75.8 Å². The van der Waals surface area contributed by atoms with Gasteiger partial charge in [-0.3, -0.25) is 0 Å². The van der Waals surface area contributed by atoms with E-state index < -0.39 is 0 Å². The third kappa shape index (κ3) is 6.58. The number of hydrogen-bond donors (Lipinski definition) is 1. The zero-order valence-corrected chi connectivity index (χ0v) is 34.0. The van der Waals surface area contributed by atoms with Crippen LogP contribution in [0.1, 0.15) is 86.3 Å². The zero-order valence-electron chi connectivity index (χ0n) is 34.0. The van der Waals surface area contributed by atoms with Crippen molar-refractivity contribution in [3.8, 4) is 0 Å². The number of hydrogen-bond acceptors (Lipinski definition) is 2. The van der Waals surface area contributed by atoms with E-state index in [9.17, 15) is 0 Å². The van der Waals surface area contributed by atoms with E-state index in [0.717, 1.165) is 44.9 Å². The highest BCUT2D eigenvalue weighted by molar-refractivity contribution is 5.90. The van der Waals surface area contributed by atoms with Gasteiger partial charge in [0, 0.05) is 35.3 Å². The Bertz CT molecular complexity index is 2540. The summed E-state index contributed by atoms with van der Waals surface area (Å²) in [5, 5.41) is 3.94. The van der Waals surface area contributed by atoms with E-state index in [1.165, 1.54) is 74.5 Å². The first-order chi connectivity index (χ1) is 29.3. The van der Waals surface area contributed by atoms with Crippen molar-refractivity contribution in [3.05, 3.63) is 232 Å². The lowest BCUT2D eigenvalue weighted by Gasteiger charge is -2.42. The van der Waals surface area contributed by atoms with E-state index >= 15 is 0 Å². The van der Waals surface area contributed by atoms with Crippen LogP contribution in [0.4, 0.5) is 11.4 Å². The molecule has 3 aromatic carbocycles. The number of nitrogens with zero attached hydrogens (tertiary/aromatic N) is 1. The normalized spacial score (nSPS) is 28.0. The van der Waals surface area contributed by atoms with Crippen LogP contribution in [0.25, 0.3) is 5.57 Å². The molecule has 11 rings (SSSR count). The predicted molar refractivity (Wildman–Crippen MR) is 248 cm³/mol. The van der Waals surface area contributed by atoms with E-state index in [0.29, 0.717) is 17.8 Å². The zero-order chi connectivity index (χ0) is 39.1. The summed E-state index contributed by atoms with van der Waals surface area (Å²) in [6, 6.07) is 29.6. The Morgan fingerprint density at radius 3 is 2.32 bits per heavy atom. The molecule has 6 unspecified atom stereocenters. The summed E-state index contributed by atoms with van der Waals surface area (Å²) in [6.45, 7) is 0. The summed E-state index contributed by atoms with van der Waals surface area (Å²) in [6.07, 6.45) is 49.2. The van der Waals surface area contributed by atoms with Crippen molar-refractivity contribution in [2.24, 2.45) is 17.8 Å². The van der Waals surface area contributed by atoms with Gasteiger partial charge >= 0.3 is 0 Å². The van der Waals surface area contributed by atoms with E-state index in [2.05, 4.69) is 186 Å². The molecule has 0 bridgehead atoms. The molecule has 0 spiro atoms. The monoisotopic (exact) mass is 766 g/mol. The maximum atomic E-state index is 3.94. The summed E-state index contributed by atoms with van der Waals surface area (Å²) in [4.78, 5) is 2.58. The smallest absolute Gasteiger partial charge is 0.110 e. The molecule has 0 saturated carbocycles. The van der Waals surface area contributed by atoms with Crippen molar-refractivity contribution in [3.63, 3.8) is 0 Å². The molecule has 1 heterocycles. The molecule has 7 aliphatic carbocycles. The fourth-order valence-electron chi connectivity index (χ4n) is 11.4. The van der Waals surface area contributed by atoms with Crippen LogP contribution in [-0.4, -0.2) is 6.17 Å². The highest BCUT2D eigenvalue weighted by Crippen LogP contribution is 2.56. The molecule has 1 N–H and O–H groups in total. The van der Waals surface area contributed by atoms with Gasteiger partial charge in [-0.2, -0.15) is 0 Å². The van der Waals surface area contributed by atoms with Gasteiger partial charge in [0.05, 0.1) is 11.4 Å². The Hall–Kier alpha value is -5.86. The van der Waals surface area contributed by atoms with E-state index in [-0.39, 0.29) is 18.0 Å². The first-order valence-electron chi connectivity index (χ1n) is 22.4. The Labute approximate surface area is 351 Å².